The zero-order valence-corrected chi connectivity index (χ0v) is 30.2. The van der Waals surface area contributed by atoms with Crippen molar-refractivity contribution in [3.63, 3.8) is 0 Å². The number of hydrogen-bond donors (Lipinski definition) is 1. The van der Waals surface area contributed by atoms with E-state index in [-0.39, 0.29) is 29.6 Å². The summed E-state index contributed by atoms with van der Waals surface area (Å²) in [5.41, 5.74) is -6.03. The van der Waals surface area contributed by atoms with E-state index >= 15 is 0 Å². The molecule has 274 valence electrons. The molecule has 1 saturated carbocycles. The van der Waals surface area contributed by atoms with Crippen molar-refractivity contribution in [2.45, 2.75) is 161 Å². The van der Waals surface area contributed by atoms with Crippen molar-refractivity contribution in [3.8, 4) is 0 Å². The fourth-order valence-electron chi connectivity index (χ4n) is 7.34. The van der Waals surface area contributed by atoms with Crippen LogP contribution in [0.5, 0.6) is 0 Å². The summed E-state index contributed by atoms with van der Waals surface area (Å²) < 4.78 is 35.7. The number of fused-ring (bicyclic) bond motifs is 3. The van der Waals surface area contributed by atoms with Crippen LogP contribution in [-0.4, -0.2) is 82.1 Å². The van der Waals surface area contributed by atoms with Crippen LogP contribution in [-0.2, 0) is 57.2 Å². The van der Waals surface area contributed by atoms with Crippen LogP contribution >= 0.6 is 0 Å². The summed E-state index contributed by atoms with van der Waals surface area (Å²) in [6.45, 7) is 13.5. The molecule has 49 heavy (non-hydrogen) atoms. The van der Waals surface area contributed by atoms with Crippen LogP contribution in [0.4, 0.5) is 0 Å². The number of aliphatic hydroxyl groups is 1. The molecule has 3 rings (SSSR count). The van der Waals surface area contributed by atoms with E-state index in [4.69, 9.17) is 28.4 Å². The number of rotatable bonds is 14. The van der Waals surface area contributed by atoms with Crippen LogP contribution in [0.15, 0.2) is 22.8 Å². The normalized spacial score (nSPS) is 32.3. The first-order chi connectivity index (χ1) is 22.9. The number of carbonyl (C=O) groups excluding carboxylic acids is 6. The third-order valence-electron chi connectivity index (χ3n) is 9.78. The molecular formula is C36H52O13. The number of carbonyl (C=O) groups is 6. The lowest BCUT2D eigenvalue weighted by atomic mass is 9.75. The molecule has 1 saturated heterocycles. The Labute approximate surface area is 288 Å². The number of unbranched alkanes of at least 4 members (excludes halogenated alkanes) is 4. The minimum atomic E-state index is -2.58. The molecule has 0 aromatic rings. The molecule has 0 spiro atoms. The van der Waals surface area contributed by atoms with Gasteiger partial charge in [0.2, 0.25) is 11.2 Å². The lowest BCUT2D eigenvalue weighted by molar-refractivity contribution is -0.227. The Morgan fingerprint density at radius 1 is 0.878 bits per heavy atom. The SMILES string of the molecule is C/C=C(/C)C(=O)O[C@H]1C(C)=C2[C@H]([C@@H]1OC(=O)CCCCCCC)[C@@](C)(OC(C)=O)C[C@H](OC(=O)CCC)[C@@]1(OC(C)=O)[C@H]2OC(=O)[C@@]1(C)O. The standard InChI is InChI=1S/C36H52O13/c1-10-13-14-15-16-18-26(40)45-30-28-27(21(5)29(30)46-32(41)20(4)12-3)31-36(49-23(7)38,35(9,43)33(42)47-31)24(44-25(39)17-11-2)19-34(28,8)48-22(6)37/h12,24,28-31,43H,10-11,13-19H2,1-9H3/b20-12-/t24-,28+,29-,30-,31-,34-,35+,36+/m0/s1. The van der Waals surface area contributed by atoms with E-state index in [2.05, 4.69) is 6.92 Å². The summed E-state index contributed by atoms with van der Waals surface area (Å²) >= 11 is 0. The maximum absolute atomic E-state index is 13.5. The molecular weight excluding hydrogens is 640 g/mol. The largest absolute Gasteiger partial charge is 0.459 e. The average Bonchev–Trinajstić information content (AvgIpc) is 3.34. The highest BCUT2D eigenvalue weighted by atomic mass is 16.7. The maximum Gasteiger partial charge on any atom is 0.343 e. The summed E-state index contributed by atoms with van der Waals surface area (Å²) in [6.07, 6.45) is 0.0361. The summed E-state index contributed by atoms with van der Waals surface area (Å²) in [4.78, 5) is 78.9. The van der Waals surface area contributed by atoms with Crippen LogP contribution in [0.2, 0.25) is 0 Å². The highest BCUT2D eigenvalue weighted by Gasteiger charge is 2.78. The molecule has 0 aromatic heterocycles. The molecule has 8 atom stereocenters. The van der Waals surface area contributed by atoms with E-state index in [1.807, 2.05) is 0 Å². The van der Waals surface area contributed by atoms with Gasteiger partial charge in [0.25, 0.3) is 0 Å². The van der Waals surface area contributed by atoms with Crippen molar-refractivity contribution < 1.29 is 62.3 Å². The van der Waals surface area contributed by atoms with Gasteiger partial charge >= 0.3 is 35.8 Å². The maximum atomic E-state index is 13.5. The predicted octanol–water partition coefficient (Wildman–Crippen LogP) is 4.50. The van der Waals surface area contributed by atoms with Gasteiger partial charge in [-0.3, -0.25) is 19.2 Å². The minimum Gasteiger partial charge on any atom is -0.459 e. The lowest BCUT2D eigenvalue weighted by Crippen LogP contribution is -2.66. The van der Waals surface area contributed by atoms with E-state index in [0.717, 1.165) is 39.5 Å². The van der Waals surface area contributed by atoms with E-state index in [1.165, 1.54) is 13.8 Å². The van der Waals surface area contributed by atoms with E-state index in [0.29, 0.717) is 12.8 Å². The second-order valence-electron chi connectivity index (χ2n) is 13.6. The van der Waals surface area contributed by atoms with Gasteiger partial charge in [0.1, 0.15) is 5.60 Å². The monoisotopic (exact) mass is 692 g/mol. The molecule has 1 N–H and O–H groups in total. The van der Waals surface area contributed by atoms with Gasteiger partial charge in [0, 0.05) is 38.7 Å². The van der Waals surface area contributed by atoms with Gasteiger partial charge < -0.3 is 33.5 Å². The summed E-state index contributed by atoms with van der Waals surface area (Å²) in [7, 11) is 0. The van der Waals surface area contributed by atoms with Crippen molar-refractivity contribution in [1.29, 1.82) is 0 Å². The van der Waals surface area contributed by atoms with E-state index in [1.54, 1.807) is 33.8 Å². The molecule has 2 fully saturated rings. The van der Waals surface area contributed by atoms with Gasteiger partial charge in [0.15, 0.2) is 24.4 Å². The number of allylic oxidation sites excluding steroid dienone is 1. The molecule has 13 nitrogen and oxygen atoms in total. The Balaban J connectivity index is 2.33. The number of ether oxygens (including phenoxy) is 6. The predicted molar refractivity (Wildman–Crippen MR) is 173 cm³/mol. The van der Waals surface area contributed by atoms with Crippen LogP contribution in [0.3, 0.4) is 0 Å². The summed E-state index contributed by atoms with van der Waals surface area (Å²) in [5.74, 6) is -6.07. The first-order valence-electron chi connectivity index (χ1n) is 17.2. The molecule has 1 heterocycles. The fourth-order valence-corrected chi connectivity index (χ4v) is 7.34. The van der Waals surface area contributed by atoms with Crippen molar-refractivity contribution in [3.05, 3.63) is 22.8 Å². The van der Waals surface area contributed by atoms with Gasteiger partial charge in [-0.05, 0) is 58.6 Å². The Bertz CT molecular complexity index is 1380. The van der Waals surface area contributed by atoms with Gasteiger partial charge in [0.05, 0.1) is 5.92 Å². The molecule has 0 unspecified atom stereocenters. The van der Waals surface area contributed by atoms with Crippen LogP contribution in [0.1, 0.15) is 120 Å². The Kier molecular flexibility index (Phi) is 12.9. The van der Waals surface area contributed by atoms with Gasteiger partial charge in [-0.25, -0.2) is 9.59 Å². The third kappa shape index (κ3) is 7.86. The molecule has 0 aromatic carbocycles. The Morgan fingerprint density at radius 3 is 2.06 bits per heavy atom. The molecule has 0 amide bonds. The first-order valence-corrected chi connectivity index (χ1v) is 17.2. The fraction of sp³-hybridized carbons (Fsp3) is 0.722. The summed E-state index contributed by atoms with van der Waals surface area (Å²) in [5, 5.41) is 11.9. The molecule has 2 aliphatic carbocycles. The first kappa shape index (κ1) is 39.7. The second-order valence-corrected chi connectivity index (χ2v) is 13.6. The Hall–Kier alpha value is -3.74. The van der Waals surface area contributed by atoms with Crippen molar-refractivity contribution >= 4 is 35.8 Å². The molecule has 13 heteroatoms. The van der Waals surface area contributed by atoms with E-state index < -0.39 is 89.4 Å². The van der Waals surface area contributed by atoms with Gasteiger partial charge in [-0.1, -0.05) is 45.6 Å². The topological polar surface area (TPSA) is 178 Å². The van der Waals surface area contributed by atoms with Crippen LogP contribution in [0.25, 0.3) is 0 Å². The zero-order chi connectivity index (χ0) is 36.9. The molecule has 3 aliphatic rings. The van der Waals surface area contributed by atoms with E-state index in [9.17, 15) is 33.9 Å². The number of hydrogen-bond acceptors (Lipinski definition) is 13. The van der Waals surface area contributed by atoms with Gasteiger partial charge in [-0.15, -0.1) is 0 Å². The van der Waals surface area contributed by atoms with Crippen LogP contribution in [0, 0.1) is 5.92 Å². The molecule has 0 bridgehead atoms. The number of esters is 6. The summed E-state index contributed by atoms with van der Waals surface area (Å²) in [6, 6.07) is 0. The highest BCUT2D eigenvalue weighted by molar-refractivity contribution is 5.88. The van der Waals surface area contributed by atoms with Gasteiger partial charge in [-0.2, -0.15) is 0 Å². The van der Waals surface area contributed by atoms with Crippen molar-refractivity contribution in [1.82, 2.24) is 0 Å². The van der Waals surface area contributed by atoms with Crippen LogP contribution < -0.4 is 0 Å². The second kappa shape index (κ2) is 15.9. The minimum absolute atomic E-state index is 0.0511. The smallest absolute Gasteiger partial charge is 0.343 e. The molecule has 1 aliphatic heterocycles. The third-order valence-corrected chi connectivity index (χ3v) is 9.78. The Morgan fingerprint density at radius 2 is 1.49 bits per heavy atom. The zero-order valence-electron chi connectivity index (χ0n) is 30.2. The average molecular weight is 693 g/mol. The lowest BCUT2D eigenvalue weighted by Gasteiger charge is -2.43. The van der Waals surface area contributed by atoms with Crippen molar-refractivity contribution in [2.24, 2.45) is 5.92 Å². The van der Waals surface area contributed by atoms with Crippen molar-refractivity contribution in [2.75, 3.05) is 0 Å². The quantitative estimate of drug-likeness (QED) is 0.0886. The highest BCUT2D eigenvalue weighted by Crippen LogP contribution is 2.59. The molecule has 0 radical (unpaired) electrons.